The van der Waals surface area contributed by atoms with E-state index in [0.29, 0.717) is 5.56 Å². The Labute approximate surface area is 128 Å². The highest BCUT2D eigenvalue weighted by Gasteiger charge is 2.15. The van der Waals surface area contributed by atoms with Gasteiger partial charge in [0.25, 0.3) is 5.69 Å². The third-order valence-corrected chi connectivity index (χ3v) is 3.35. The van der Waals surface area contributed by atoms with Gasteiger partial charge in [-0.3, -0.25) is 10.1 Å². The van der Waals surface area contributed by atoms with Crippen LogP contribution in [-0.2, 0) is 4.79 Å². The van der Waals surface area contributed by atoms with Crippen LogP contribution in [0.3, 0.4) is 0 Å². The van der Waals surface area contributed by atoms with Gasteiger partial charge in [-0.2, -0.15) is 0 Å². The van der Waals surface area contributed by atoms with Crippen LogP contribution in [0.2, 0.25) is 0 Å². The van der Waals surface area contributed by atoms with E-state index in [0.717, 1.165) is 4.47 Å². The van der Waals surface area contributed by atoms with E-state index in [9.17, 15) is 20.0 Å². The van der Waals surface area contributed by atoms with Gasteiger partial charge in [-0.05, 0) is 29.8 Å². The first kappa shape index (κ1) is 14.9. The number of benzene rings is 2. The van der Waals surface area contributed by atoms with Crippen molar-refractivity contribution in [1.82, 2.24) is 0 Å². The molecule has 2 aromatic carbocycles. The molecule has 0 fully saturated rings. The molecule has 2 rings (SSSR count). The predicted molar refractivity (Wildman–Crippen MR) is 82.7 cm³/mol. The van der Waals surface area contributed by atoms with Crippen LogP contribution in [0.5, 0.6) is 0 Å². The summed E-state index contributed by atoms with van der Waals surface area (Å²) in [5.74, 6) is -1.14. The van der Waals surface area contributed by atoms with Gasteiger partial charge in [-0.25, -0.2) is 4.79 Å². The molecule has 0 spiro atoms. The van der Waals surface area contributed by atoms with Gasteiger partial charge < -0.3 is 5.11 Å². The lowest BCUT2D eigenvalue weighted by molar-refractivity contribution is -0.385. The number of nitro groups is 1. The zero-order valence-corrected chi connectivity index (χ0v) is 12.3. The van der Waals surface area contributed by atoms with Crippen LogP contribution in [0.1, 0.15) is 11.1 Å². The van der Waals surface area contributed by atoms with Crippen LogP contribution in [0.15, 0.2) is 53.0 Å². The molecule has 106 valence electrons. The maximum absolute atomic E-state index is 11.4. The number of rotatable bonds is 4. The molecule has 0 saturated heterocycles. The summed E-state index contributed by atoms with van der Waals surface area (Å²) < 4.78 is 0.821. The Balaban J connectivity index is 2.56. The summed E-state index contributed by atoms with van der Waals surface area (Å²) >= 11 is 3.27. The van der Waals surface area contributed by atoms with Crippen LogP contribution in [0.25, 0.3) is 11.6 Å². The summed E-state index contributed by atoms with van der Waals surface area (Å²) in [6, 6.07) is 12.7. The number of carbonyl (C=O) groups is 1. The fourth-order valence-corrected chi connectivity index (χ4v) is 2.09. The molecule has 21 heavy (non-hydrogen) atoms. The number of hydrogen-bond donors (Lipinski definition) is 1. The summed E-state index contributed by atoms with van der Waals surface area (Å²) in [6.07, 6.45) is 1.31. The molecule has 0 atom stereocenters. The standard InChI is InChI=1S/C15H10BrNO4/c16-12-7-5-10(6-8-12)13(15(18)19)9-11-3-1-2-4-14(11)17(20)21/h1-9H,(H,18,19). The van der Waals surface area contributed by atoms with E-state index >= 15 is 0 Å². The van der Waals surface area contributed by atoms with Crippen molar-refractivity contribution in [2.24, 2.45) is 0 Å². The summed E-state index contributed by atoms with van der Waals surface area (Å²) in [7, 11) is 0. The average Bonchev–Trinajstić information content (AvgIpc) is 2.46. The molecular formula is C15H10BrNO4. The number of aliphatic carboxylic acids is 1. The van der Waals surface area contributed by atoms with Gasteiger partial charge in [0.05, 0.1) is 16.1 Å². The van der Waals surface area contributed by atoms with Crippen LogP contribution in [0.4, 0.5) is 5.69 Å². The molecule has 0 aromatic heterocycles. The van der Waals surface area contributed by atoms with E-state index in [-0.39, 0.29) is 16.8 Å². The van der Waals surface area contributed by atoms with Gasteiger partial charge in [0.2, 0.25) is 0 Å². The number of hydrogen-bond acceptors (Lipinski definition) is 3. The van der Waals surface area contributed by atoms with E-state index in [1.165, 1.54) is 24.3 Å². The number of para-hydroxylation sites is 1. The fourth-order valence-electron chi connectivity index (χ4n) is 1.83. The molecule has 5 nitrogen and oxygen atoms in total. The number of halogens is 1. The second kappa shape index (κ2) is 6.32. The molecule has 1 N–H and O–H groups in total. The highest BCUT2D eigenvalue weighted by Crippen LogP contribution is 2.25. The third-order valence-electron chi connectivity index (χ3n) is 2.82. The van der Waals surface area contributed by atoms with E-state index in [2.05, 4.69) is 15.9 Å². The van der Waals surface area contributed by atoms with Crippen LogP contribution in [-0.4, -0.2) is 16.0 Å². The van der Waals surface area contributed by atoms with Crippen molar-refractivity contribution in [2.45, 2.75) is 0 Å². The van der Waals surface area contributed by atoms with Crippen LogP contribution >= 0.6 is 15.9 Å². The molecule has 0 aliphatic heterocycles. The minimum Gasteiger partial charge on any atom is -0.478 e. The Bertz CT molecular complexity index is 723. The molecule has 6 heteroatoms. The Kier molecular flexibility index (Phi) is 4.49. The lowest BCUT2D eigenvalue weighted by Crippen LogP contribution is -2.00. The summed E-state index contributed by atoms with van der Waals surface area (Å²) in [5, 5.41) is 20.3. The van der Waals surface area contributed by atoms with Crippen molar-refractivity contribution in [3.63, 3.8) is 0 Å². The second-order valence-corrected chi connectivity index (χ2v) is 5.10. The maximum atomic E-state index is 11.4. The zero-order valence-electron chi connectivity index (χ0n) is 10.7. The number of nitrogens with zero attached hydrogens (tertiary/aromatic N) is 1. The van der Waals surface area contributed by atoms with E-state index in [4.69, 9.17) is 0 Å². The first-order chi connectivity index (χ1) is 9.99. The first-order valence-electron chi connectivity index (χ1n) is 5.93. The van der Waals surface area contributed by atoms with Crippen molar-refractivity contribution in [2.75, 3.05) is 0 Å². The Morgan fingerprint density at radius 3 is 2.33 bits per heavy atom. The zero-order chi connectivity index (χ0) is 15.4. The van der Waals surface area contributed by atoms with Crippen molar-refractivity contribution >= 4 is 39.2 Å². The van der Waals surface area contributed by atoms with Gasteiger partial charge in [-0.1, -0.05) is 40.2 Å². The highest BCUT2D eigenvalue weighted by molar-refractivity contribution is 9.10. The first-order valence-corrected chi connectivity index (χ1v) is 6.72. The normalized spacial score (nSPS) is 11.2. The molecule has 0 amide bonds. The van der Waals surface area contributed by atoms with Crippen LogP contribution < -0.4 is 0 Å². The SMILES string of the molecule is O=C(O)C(=Cc1ccccc1[N+](=O)[O-])c1ccc(Br)cc1. The summed E-state index contributed by atoms with van der Waals surface area (Å²) in [5.41, 5.74) is 0.594. The molecule has 0 aliphatic carbocycles. The third kappa shape index (κ3) is 3.55. The molecule has 0 saturated carbocycles. The van der Waals surface area contributed by atoms with E-state index in [1.807, 2.05) is 0 Å². The van der Waals surface area contributed by atoms with Crippen molar-refractivity contribution < 1.29 is 14.8 Å². The topological polar surface area (TPSA) is 80.4 Å². The van der Waals surface area contributed by atoms with E-state index < -0.39 is 10.9 Å². The summed E-state index contributed by atoms with van der Waals surface area (Å²) in [4.78, 5) is 21.9. The predicted octanol–water partition coefficient (Wildman–Crippen LogP) is 3.98. The molecule has 0 bridgehead atoms. The number of carboxylic acid groups (broad SMARTS) is 1. The Morgan fingerprint density at radius 1 is 1.14 bits per heavy atom. The Morgan fingerprint density at radius 2 is 1.76 bits per heavy atom. The maximum Gasteiger partial charge on any atom is 0.336 e. The van der Waals surface area contributed by atoms with Gasteiger partial charge in [-0.15, -0.1) is 0 Å². The minimum absolute atomic E-state index is 0.00296. The molecule has 2 aromatic rings. The summed E-state index contributed by atoms with van der Waals surface area (Å²) in [6.45, 7) is 0. The highest BCUT2D eigenvalue weighted by atomic mass is 79.9. The number of carboxylic acids is 1. The lowest BCUT2D eigenvalue weighted by Gasteiger charge is -2.04. The molecule has 0 aliphatic rings. The molecule has 0 heterocycles. The monoisotopic (exact) mass is 347 g/mol. The fraction of sp³-hybridized carbons (Fsp3) is 0. The van der Waals surface area contributed by atoms with Gasteiger partial charge >= 0.3 is 5.97 Å². The average molecular weight is 348 g/mol. The van der Waals surface area contributed by atoms with E-state index in [1.54, 1.807) is 30.3 Å². The van der Waals surface area contributed by atoms with Crippen molar-refractivity contribution in [3.05, 3.63) is 74.2 Å². The quantitative estimate of drug-likeness (QED) is 0.392. The number of nitro benzene ring substituents is 1. The minimum atomic E-state index is -1.14. The largest absolute Gasteiger partial charge is 0.478 e. The van der Waals surface area contributed by atoms with Crippen LogP contribution in [0, 0.1) is 10.1 Å². The molecular weight excluding hydrogens is 338 g/mol. The second-order valence-electron chi connectivity index (χ2n) is 4.19. The Hall–Kier alpha value is -2.47. The van der Waals surface area contributed by atoms with Gasteiger partial charge in [0.15, 0.2) is 0 Å². The van der Waals surface area contributed by atoms with Crippen molar-refractivity contribution in [1.29, 1.82) is 0 Å². The molecule has 0 unspecified atom stereocenters. The van der Waals surface area contributed by atoms with Crippen molar-refractivity contribution in [3.8, 4) is 0 Å². The lowest BCUT2D eigenvalue weighted by atomic mass is 10.0. The smallest absolute Gasteiger partial charge is 0.336 e. The van der Waals surface area contributed by atoms with Gasteiger partial charge in [0, 0.05) is 10.5 Å². The van der Waals surface area contributed by atoms with Gasteiger partial charge in [0.1, 0.15) is 0 Å². The molecule has 0 radical (unpaired) electrons.